The molecule has 0 unspecified atom stereocenters. The highest BCUT2D eigenvalue weighted by Crippen LogP contribution is 2.36. The fourth-order valence-corrected chi connectivity index (χ4v) is 1.63. The molecule has 1 aromatic rings. The van der Waals surface area contributed by atoms with E-state index in [4.69, 9.17) is 0 Å². The standard InChI is InChI=1S/C14H12F6N2O2/c15-12(13(16,17)18)14(19,20)24-10-5-1-8(2-6-10)7-21-22-11(23)9-3-4-9/h1-2,5-7,9,12H,3-4H2,(H,22,23)/b21-7-/t12-/m0/s1. The number of halogens is 6. The number of alkyl halides is 6. The smallest absolute Gasteiger partial charge is 0.430 e. The lowest BCUT2D eigenvalue weighted by atomic mass is 10.2. The third-order valence-corrected chi connectivity index (χ3v) is 3.05. The zero-order chi connectivity index (χ0) is 18.0. The molecule has 0 heterocycles. The average molecular weight is 354 g/mol. The predicted octanol–water partition coefficient (Wildman–Crippen LogP) is 3.42. The molecule has 10 heteroatoms. The van der Waals surface area contributed by atoms with Gasteiger partial charge in [0.15, 0.2) is 0 Å². The highest BCUT2D eigenvalue weighted by molar-refractivity contribution is 5.84. The van der Waals surface area contributed by atoms with Crippen molar-refractivity contribution in [3.05, 3.63) is 29.8 Å². The lowest BCUT2D eigenvalue weighted by Crippen LogP contribution is -2.45. The number of carbonyl (C=O) groups is 1. The van der Waals surface area contributed by atoms with E-state index in [2.05, 4.69) is 15.3 Å². The minimum atomic E-state index is -5.74. The molecule has 1 fully saturated rings. The highest BCUT2D eigenvalue weighted by Gasteiger charge is 2.59. The molecule has 0 spiro atoms. The maximum Gasteiger partial charge on any atom is 0.439 e. The summed E-state index contributed by atoms with van der Waals surface area (Å²) in [5.41, 5.74) is 2.65. The fraction of sp³-hybridized carbons (Fsp3) is 0.429. The molecule has 1 aromatic carbocycles. The Hall–Kier alpha value is -2.26. The number of nitrogens with one attached hydrogen (secondary N) is 1. The number of amides is 1. The Morgan fingerprint density at radius 3 is 2.29 bits per heavy atom. The number of benzene rings is 1. The molecule has 1 aliphatic carbocycles. The van der Waals surface area contributed by atoms with E-state index in [0.29, 0.717) is 5.56 Å². The molecule has 1 atom stereocenters. The summed E-state index contributed by atoms with van der Waals surface area (Å²) in [6, 6.07) is 4.28. The first-order valence-corrected chi connectivity index (χ1v) is 6.80. The van der Waals surface area contributed by atoms with Crippen LogP contribution in [0.15, 0.2) is 29.4 Å². The van der Waals surface area contributed by atoms with Crippen molar-refractivity contribution >= 4 is 12.1 Å². The normalized spacial score (nSPS) is 16.9. The zero-order valence-electron chi connectivity index (χ0n) is 12.0. The number of nitrogens with zero attached hydrogens (tertiary/aromatic N) is 1. The second-order valence-electron chi connectivity index (χ2n) is 5.15. The van der Waals surface area contributed by atoms with Gasteiger partial charge in [-0.1, -0.05) is 0 Å². The summed E-state index contributed by atoms with van der Waals surface area (Å²) in [6.45, 7) is 0. The monoisotopic (exact) mass is 354 g/mol. The van der Waals surface area contributed by atoms with Gasteiger partial charge in [0.2, 0.25) is 5.91 Å². The lowest BCUT2D eigenvalue weighted by Gasteiger charge is -2.23. The van der Waals surface area contributed by atoms with Crippen molar-refractivity contribution in [3.63, 3.8) is 0 Å². The summed E-state index contributed by atoms with van der Waals surface area (Å²) < 4.78 is 78.6. The van der Waals surface area contributed by atoms with E-state index in [1.165, 1.54) is 18.3 Å². The Morgan fingerprint density at radius 1 is 1.21 bits per heavy atom. The number of rotatable bonds is 6. The van der Waals surface area contributed by atoms with E-state index >= 15 is 0 Å². The minimum Gasteiger partial charge on any atom is -0.430 e. The van der Waals surface area contributed by atoms with Crippen LogP contribution in [0, 0.1) is 5.92 Å². The largest absolute Gasteiger partial charge is 0.439 e. The van der Waals surface area contributed by atoms with E-state index < -0.39 is 24.2 Å². The topological polar surface area (TPSA) is 50.7 Å². The molecule has 1 amide bonds. The van der Waals surface area contributed by atoms with Gasteiger partial charge < -0.3 is 4.74 Å². The summed E-state index contributed by atoms with van der Waals surface area (Å²) in [5.74, 6) is -0.916. The van der Waals surface area contributed by atoms with Crippen LogP contribution < -0.4 is 10.2 Å². The maximum absolute atomic E-state index is 13.1. The van der Waals surface area contributed by atoms with E-state index in [1.54, 1.807) is 0 Å². The molecule has 132 valence electrons. The molecule has 0 aromatic heterocycles. The first kappa shape index (κ1) is 18.1. The van der Waals surface area contributed by atoms with Crippen LogP contribution in [0.5, 0.6) is 5.75 Å². The van der Waals surface area contributed by atoms with Crippen LogP contribution >= 0.6 is 0 Å². The quantitative estimate of drug-likeness (QED) is 0.484. The van der Waals surface area contributed by atoms with E-state index in [-0.39, 0.29) is 11.8 Å². The third-order valence-electron chi connectivity index (χ3n) is 3.05. The Balaban J connectivity index is 1.93. The molecule has 0 bridgehead atoms. The van der Waals surface area contributed by atoms with Crippen LogP contribution in [0.4, 0.5) is 26.3 Å². The van der Waals surface area contributed by atoms with Gasteiger partial charge in [-0.05, 0) is 42.7 Å². The van der Waals surface area contributed by atoms with Crippen molar-refractivity contribution in [2.75, 3.05) is 0 Å². The van der Waals surface area contributed by atoms with Crippen LogP contribution in [0.3, 0.4) is 0 Å². The van der Waals surface area contributed by atoms with Crippen molar-refractivity contribution in [2.45, 2.75) is 31.3 Å². The lowest BCUT2D eigenvalue weighted by molar-refractivity contribution is -0.304. The Morgan fingerprint density at radius 2 is 1.79 bits per heavy atom. The Labute approximate surface area is 132 Å². The SMILES string of the molecule is O=C(N/N=C\c1ccc(OC(F)(F)[C@@H](F)C(F)(F)F)cc1)C1CC1. The van der Waals surface area contributed by atoms with Crippen LogP contribution in [0.2, 0.25) is 0 Å². The molecular weight excluding hydrogens is 342 g/mol. The van der Waals surface area contributed by atoms with E-state index in [9.17, 15) is 31.1 Å². The summed E-state index contributed by atoms with van der Waals surface area (Å²) >= 11 is 0. The van der Waals surface area contributed by atoms with Gasteiger partial charge in [-0.3, -0.25) is 4.79 Å². The van der Waals surface area contributed by atoms with Gasteiger partial charge >= 0.3 is 12.3 Å². The molecular formula is C14H12F6N2O2. The van der Waals surface area contributed by atoms with Crippen molar-refractivity contribution in [3.8, 4) is 5.75 Å². The van der Waals surface area contributed by atoms with Crippen molar-refractivity contribution in [1.29, 1.82) is 0 Å². The summed E-state index contributed by atoms with van der Waals surface area (Å²) in [5, 5.41) is 3.65. The molecule has 0 saturated heterocycles. The number of carbonyl (C=O) groups excluding carboxylic acids is 1. The number of ether oxygens (including phenoxy) is 1. The van der Waals surface area contributed by atoms with Crippen molar-refractivity contribution < 1.29 is 35.9 Å². The number of hydrazone groups is 1. The molecule has 1 aliphatic rings. The molecule has 0 radical (unpaired) electrons. The Kier molecular flexibility index (Phi) is 5.05. The predicted molar refractivity (Wildman–Crippen MR) is 71.4 cm³/mol. The van der Waals surface area contributed by atoms with E-state index in [1.807, 2.05) is 0 Å². The van der Waals surface area contributed by atoms with Gasteiger partial charge in [-0.15, -0.1) is 0 Å². The van der Waals surface area contributed by atoms with Crippen molar-refractivity contribution in [1.82, 2.24) is 5.43 Å². The summed E-state index contributed by atoms with van der Waals surface area (Å²) in [4.78, 5) is 11.3. The molecule has 4 nitrogen and oxygen atoms in total. The number of hydrogen-bond acceptors (Lipinski definition) is 3. The van der Waals surface area contributed by atoms with Crippen molar-refractivity contribution in [2.24, 2.45) is 11.0 Å². The van der Waals surface area contributed by atoms with Crippen LogP contribution in [0.1, 0.15) is 18.4 Å². The third kappa shape index (κ3) is 4.87. The summed E-state index contributed by atoms with van der Waals surface area (Å²) in [7, 11) is 0. The fourth-order valence-electron chi connectivity index (χ4n) is 1.63. The van der Waals surface area contributed by atoms with Gasteiger partial charge in [0, 0.05) is 5.92 Å². The second-order valence-corrected chi connectivity index (χ2v) is 5.15. The number of hydrogen-bond donors (Lipinski definition) is 1. The van der Waals surface area contributed by atoms with Gasteiger partial charge in [-0.25, -0.2) is 9.82 Å². The second kappa shape index (κ2) is 6.70. The summed E-state index contributed by atoms with van der Waals surface area (Å²) in [6.07, 6.45) is -12.4. The maximum atomic E-state index is 13.1. The molecule has 24 heavy (non-hydrogen) atoms. The first-order valence-electron chi connectivity index (χ1n) is 6.80. The zero-order valence-corrected chi connectivity index (χ0v) is 12.0. The average Bonchev–Trinajstić information content (AvgIpc) is 3.31. The first-order chi connectivity index (χ1) is 11.1. The Bertz CT molecular complexity index is 611. The molecule has 0 aliphatic heterocycles. The van der Waals surface area contributed by atoms with Crippen LogP contribution in [-0.2, 0) is 4.79 Å². The van der Waals surface area contributed by atoms with Gasteiger partial charge in [0.25, 0.3) is 6.17 Å². The molecule has 2 rings (SSSR count). The van der Waals surface area contributed by atoms with Gasteiger partial charge in [0.05, 0.1) is 6.21 Å². The van der Waals surface area contributed by atoms with Gasteiger partial charge in [-0.2, -0.15) is 27.1 Å². The van der Waals surface area contributed by atoms with Crippen LogP contribution in [0.25, 0.3) is 0 Å². The highest BCUT2D eigenvalue weighted by atomic mass is 19.4. The van der Waals surface area contributed by atoms with Crippen LogP contribution in [-0.4, -0.2) is 30.6 Å². The van der Waals surface area contributed by atoms with Gasteiger partial charge in [0.1, 0.15) is 5.75 Å². The minimum absolute atomic E-state index is 0.0394. The van der Waals surface area contributed by atoms with E-state index in [0.717, 1.165) is 25.0 Å². The molecule has 1 saturated carbocycles. The molecule has 1 N–H and O–H groups in total.